The summed E-state index contributed by atoms with van der Waals surface area (Å²) in [7, 11) is -3.76. The number of hydroxylamine groups is 1. The van der Waals surface area contributed by atoms with Gasteiger partial charge in [0.15, 0.2) is 15.4 Å². The minimum atomic E-state index is -3.76. The van der Waals surface area contributed by atoms with Gasteiger partial charge in [-0.15, -0.1) is 11.3 Å². The van der Waals surface area contributed by atoms with E-state index in [2.05, 4.69) is 28.7 Å². The predicted molar refractivity (Wildman–Crippen MR) is 112 cm³/mol. The van der Waals surface area contributed by atoms with Gasteiger partial charge in [0, 0.05) is 18.2 Å². The van der Waals surface area contributed by atoms with E-state index >= 15 is 0 Å². The molecule has 1 aromatic carbocycles. The van der Waals surface area contributed by atoms with Crippen LogP contribution in [-0.4, -0.2) is 59.4 Å². The highest BCUT2D eigenvalue weighted by atomic mass is 32.2. The minimum absolute atomic E-state index is 0.0209. The standard InChI is InChI=1S/C20H20N2O6S2/c1-19(18(23)22-25,30(2,26)27)10-8-17-21-15-7-6-14(11-16(15)29-17)5-3-4-9-20(24)12-28-13-20/h6-7,11,24-25H,8,10,12-13H2,1-2H3,(H,22,23)/t19-/m1/s1. The van der Waals surface area contributed by atoms with Gasteiger partial charge in [-0.3, -0.25) is 10.0 Å². The highest BCUT2D eigenvalue weighted by Crippen LogP contribution is 2.28. The molecule has 1 atom stereocenters. The molecule has 30 heavy (non-hydrogen) atoms. The zero-order chi connectivity index (χ0) is 22.0. The maximum atomic E-state index is 12.1. The van der Waals surface area contributed by atoms with Gasteiger partial charge in [0.2, 0.25) is 0 Å². The average Bonchev–Trinajstić information content (AvgIpc) is 3.08. The average molecular weight is 449 g/mol. The van der Waals surface area contributed by atoms with E-state index in [1.165, 1.54) is 23.7 Å². The Labute approximate surface area is 178 Å². The number of nitrogens with one attached hydrogen (secondary N) is 1. The van der Waals surface area contributed by atoms with Gasteiger partial charge in [0.05, 0.1) is 28.4 Å². The molecule has 0 bridgehead atoms. The number of aryl methyl sites for hydroxylation is 1. The van der Waals surface area contributed by atoms with Crippen LogP contribution >= 0.6 is 11.3 Å². The fourth-order valence-electron chi connectivity index (χ4n) is 2.71. The van der Waals surface area contributed by atoms with Gasteiger partial charge in [-0.25, -0.2) is 18.9 Å². The van der Waals surface area contributed by atoms with Crippen molar-refractivity contribution in [2.75, 3.05) is 19.5 Å². The number of thiazole rings is 1. The predicted octanol–water partition coefficient (Wildman–Crippen LogP) is 0.654. The number of carbonyl (C=O) groups is 1. The number of amides is 1. The van der Waals surface area contributed by atoms with Crippen molar-refractivity contribution in [3.63, 3.8) is 0 Å². The van der Waals surface area contributed by atoms with Crippen molar-refractivity contribution >= 4 is 37.3 Å². The van der Waals surface area contributed by atoms with Crippen LogP contribution in [0.1, 0.15) is 23.9 Å². The number of carbonyl (C=O) groups excluding carboxylic acids is 1. The number of aliphatic hydroxyl groups is 1. The van der Waals surface area contributed by atoms with Crippen LogP contribution in [0.25, 0.3) is 10.2 Å². The van der Waals surface area contributed by atoms with Gasteiger partial charge in [-0.1, -0.05) is 5.92 Å². The fourth-order valence-corrected chi connectivity index (χ4v) is 4.57. The molecule has 1 aromatic heterocycles. The summed E-state index contributed by atoms with van der Waals surface area (Å²) in [6.45, 7) is 1.66. The summed E-state index contributed by atoms with van der Waals surface area (Å²) in [6, 6.07) is 5.44. The van der Waals surface area contributed by atoms with Crippen molar-refractivity contribution in [2.24, 2.45) is 0 Å². The maximum Gasteiger partial charge on any atom is 0.264 e. The summed E-state index contributed by atoms with van der Waals surface area (Å²) in [5, 5.41) is 19.4. The second kappa shape index (κ2) is 8.34. The third kappa shape index (κ3) is 4.64. The lowest BCUT2D eigenvalue weighted by Crippen LogP contribution is -2.49. The number of hydrogen-bond donors (Lipinski definition) is 3. The molecule has 0 spiro atoms. The summed E-state index contributed by atoms with van der Waals surface area (Å²) in [5.74, 6) is 9.93. The maximum absolute atomic E-state index is 12.1. The van der Waals surface area contributed by atoms with E-state index in [9.17, 15) is 18.3 Å². The van der Waals surface area contributed by atoms with Crippen molar-refractivity contribution in [2.45, 2.75) is 30.1 Å². The summed E-state index contributed by atoms with van der Waals surface area (Å²) in [4.78, 5) is 16.4. The first-order chi connectivity index (χ1) is 14.1. The van der Waals surface area contributed by atoms with Gasteiger partial charge in [0.25, 0.3) is 5.91 Å². The first-order valence-corrected chi connectivity index (χ1v) is 11.6. The third-order valence-corrected chi connectivity index (χ3v) is 8.00. The van der Waals surface area contributed by atoms with Crippen LogP contribution in [0.4, 0.5) is 0 Å². The van der Waals surface area contributed by atoms with Crippen molar-refractivity contribution in [1.29, 1.82) is 0 Å². The van der Waals surface area contributed by atoms with Gasteiger partial charge in [-0.2, -0.15) is 0 Å². The number of aromatic nitrogens is 1. The molecule has 3 rings (SSSR count). The van der Waals surface area contributed by atoms with Crippen LogP contribution in [0.15, 0.2) is 18.2 Å². The minimum Gasteiger partial charge on any atom is -0.373 e. The van der Waals surface area contributed by atoms with Gasteiger partial charge in [0.1, 0.15) is 4.75 Å². The van der Waals surface area contributed by atoms with Crippen molar-refractivity contribution < 1.29 is 28.3 Å². The fraction of sp³-hybridized carbons (Fsp3) is 0.400. The summed E-state index contributed by atoms with van der Waals surface area (Å²) in [6.07, 6.45) is 1.20. The van der Waals surface area contributed by atoms with Crippen LogP contribution in [0.5, 0.6) is 0 Å². The second-order valence-corrected chi connectivity index (χ2v) is 10.8. The SMILES string of the molecule is C[C@@](CCc1nc2ccc(C#CC#CC3(O)COC3)cc2s1)(C(=O)NO)S(C)(=O)=O. The molecule has 8 nitrogen and oxygen atoms in total. The highest BCUT2D eigenvalue weighted by Gasteiger charge is 2.43. The molecule has 0 unspecified atom stereocenters. The lowest BCUT2D eigenvalue weighted by atomic mass is 10.0. The zero-order valence-electron chi connectivity index (χ0n) is 16.4. The molecule has 1 amide bonds. The van der Waals surface area contributed by atoms with E-state index in [0.717, 1.165) is 22.0 Å². The van der Waals surface area contributed by atoms with E-state index in [4.69, 9.17) is 9.94 Å². The molecule has 2 aromatic rings. The third-order valence-electron chi connectivity index (χ3n) is 4.90. The molecule has 10 heteroatoms. The molecular weight excluding hydrogens is 428 g/mol. The Morgan fingerprint density at radius 1 is 1.40 bits per heavy atom. The normalized spacial score (nSPS) is 16.9. The molecule has 0 saturated carbocycles. The Balaban J connectivity index is 1.75. The largest absolute Gasteiger partial charge is 0.373 e. The van der Waals surface area contributed by atoms with Crippen LogP contribution in [-0.2, 0) is 25.8 Å². The van der Waals surface area contributed by atoms with Gasteiger partial charge in [-0.05, 0) is 49.3 Å². The van der Waals surface area contributed by atoms with E-state index < -0.39 is 26.1 Å². The van der Waals surface area contributed by atoms with Crippen molar-refractivity contribution in [3.8, 4) is 23.7 Å². The summed E-state index contributed by atoms with van der Waals surface area (Å²) < 4.78 is 28.1. The number of hydrogen-bond acceptors (Lipinski definition) is 8. The van der Waals surface area contributed by atoms with E-state index in [1.807, 2.05) is 6.07 Å². The molecule has 1 aliphatic rings. The lowest BCUT2D eigenvalue weighted by Gasteiger charge is -2.30. The molecule has 1 aliphatic heterocycles. The molecule has 0 radical (unpaired) electrons. The Hall–Kier alpha value is -2.47. The van der Waals surface area contributed by atoms with Crippen molar-refractivity contribution in [3.05, 3.63) is 28.8 Å². The first kappa shape index (κ1) is 22.2. The monoisotopic (exact) mass is 448 g/mol. The van der Waals surface area contributed by atoms with Gasteiger partial charge < -0.3 is 9.84 Å². The molecule has 2 heterocycles. The van der Waals surface area contributed by atoms with Crippen LogP contribution in [0.3, 0.4) is 0 Å². The molecule has 0 aliphatic carbocycles. The second-order valence-electron chi connectivity index (χ2n) is 7.26. The molecule has 3 N–H and O–H groups in total. The van der Waals surface area contributed by atoms with E-state index in [0.29, 0.717) is 5.01 Å². The molecule has 1 fully saturated rings. The Bertz CT molecular complexity index is 1210. The van der Waals surface area contributed by atoms with Crippen molar-refractivity contribution in [1.82, 2.24) is 10.5 Å². The van der Waals surface area contributed by atoms with Gasteiger partial charge >= 0.3 is 0 Å². The first-order valence-electron chi connectivity index (χ1n) is 8.93. The smallest absolute Gasteiger partial charge is 0.264 e. The zero-order valence-corrected chi connectivity index (χ0v) is 18.0. The van der Waals surface area contributed by atoms with Crippen LogP contribution in [0.2, 0.25) is 0 Å². The Morgan fingerprint density at radius 3 is 2.73 bits per heavy atom. The Morgan fingerprint density at radius 2 is 2.13 bits per heavy atom. The summed E-state index contributed by atoms with van der Waals surface area (Å²) >= 11 is 1.38. The molecular formula is C20H20N2O6S2. The molecule has 1 saturated heterocycles. The van der Waals surface area contributed by atoms with Crippen LogP contribution < -0.4 is 5.48 Å². The number of benzene rings is 1. The van der Waals surface area contributed by atoms with Crippen LogP contribution in [0, 0.1) is 23.7 Å². The molecule has 158 valence electrons. The highest BCUT2D eigenvalue weighted by molar-refractivity contribution is 7.92. The van der Waals surface area contributed by atoms with E-state index in [-0.39, 0.29) is 26.1 Å². The topological polar surface area (TPSA) is 126 Å². The number of ether oxygens (including phenoxy) is 1. The van der Waals surface area contributed by atoms with E-state index in [1.54, 1.807) is 12.1 Å². The number of rotatable bonds is 5. The number of sulfone groups is 1. The quantitative estimate of drug-likeness (QED) is 0.348. The Kier molecular flexibility index (Phi) is 6.18. The summed E-state index contributed by atoms with van der Waals surface area (Å²) in [5.41, 5.74) is 1.80. The number of nitrogens with zero attached hydrogens (tertiary/aromatic N) is 1. The number of fused-ring (bicyclic) bond motifs is 1. The lowest BCUT2D eigenvalue weighted by molar-refractivity contribution is -0.140.